The first-order valence-corrected chi connectivity index (χ1v) is 8.57. The number of benzene rings is 2. The van der Waals surface area contributed by atoms with Crippen LogP contribution in [-0.2, 0) is 11.0 Å². The second-order valence-corrected chi connectivity index (χ2v) is 6.67. The summed E-state index contributed by atoms with van der Waals surface area (Å²) in [5.41, 5.74) is 0.0453. The average molecular weight is 392 g/mol. The molecule has 2 aromatic carbocycles. The lowest BCUT2D eigenvalue weighted by Crippen LogP contribution is -2.19. The summed E-state index contributed by atoms with van der Waals surface area (Å²) in [5, 5.41) is 2.77. The fourth-order valence-corrected chi connectivity index (χ4v) is 3.35. The van der Waals surface area contributed by atoms with Crippen LogP contribution in [0.1, 0.15) is 11.1 Å². The zero-order valence-corrected chi connectivity index (χ0v) is 14.4. The number of halogens is 3. The van der Waals surface area contributed by atoms with Gasteiger partial charge in [-0.1, -0.05) is 12.1 Å². The van der Waals surface area contributed by atoms with Crippen LogP contribution in [0.25, 0.3) is 6.08 Å². The van der Waals surface area contributed by atoms with Crippen molar-refractivity contribution in [2.75, 3.05) is 6.79 Å². The molecule has 1 fully saturated rings. The van der Waals surface area contributed by atoms with E-state index in [1.54, 1.807) is 24.3 Å². The minimum Gasteiger partial charge on any atom is -0.454 e. The van der Waals surface area contributed by atoms with E-state index in [2.05, 4.69) is 10.3 Å². The molecule has 1 amide bonds. The van der Waals surface area contributed by atoms with Gasteiger partial charge < -0.3 is 14.8 Å². The number of hydrogen-bond donors (Lipinski definition) is 1. The van der Waals surface area contributed by atoms with Crippen molar-refractivity contribution < 1.29 is 27.4 Å². The van der Waals surface area contributed by atoms with Crippen molar-refractivity contribution in [1.29, 1.82) is 0 Å². The highest BCUT2D eigenvalue weighted by atomic mass is 32.2. The van der Waals surface area contributed by atoms with Gasteiger partial charge in [-0.25, -0.2) is 4.99 Å². The van der Waals surface area contributed by atoms with Crippen LogP contribution in [-0.4, -0.2) is 17.9 Å². The smallest absolute Gasteiger partial charge is 0.416 e. The lowest BCUT2D eigenvalue weighted by molar-refractivity contribution is -0.137. The van der Waals surface area contributed by atoms with Crippen LogP contribution in [0.3, 0.4) is 0 Å². The number of thioether (sulfide) groups is 1. The molecule has 0 saturated carbocycles. The van der Waals surface area contributed by atoms with Crippen molar-refractivity contribution in [2.24, 2.45) is 4.99 Å². The van der Waals surface area contributed by atoms with E-state index in [0.717, 1.165) is 29.5 Å². The molecule has 0 unspecified atom stereocenters. The Morgan fingerprint density at radius 2 is 1.93 bits per heavy atom. The van der Waals surface area contributed by atoms with Crippen LogP contribution in [0.4, 0.5) is 18.9 Å². The van der Waals surface area contributed by atoms with Gasteiger partial charge in [-0.05, 0) is 53.7 Å². The van der Waals surface area contributed by atoms with Gasteiger partial charge in [-0.2, -0.15) is 13.2 Å². The van der Waals surface area contributed by atoms with Gasteiger partial charge in [0.2, 0.25) is 6.79 Å². The monoisotopic (exact) mass is 392 g/mol. The number of hydrogen-bond acceptors (Lipinski definition) is 5. The third kappa shape index (κ3) is 3.77. The Hall–Kier alpha value is -2.94. The number of carbonyl (C=O) groups excluding carboxylic acids is 1. The van der Waals surface area contributed by atoms with E-state index in [0.29, 0.717) is 16.4 Å². The lowest BCUT2D eigenvalue weighted by atomic mass is 10.2. The molecular formula is C18H11F3N2O3S. The van der Waals surface area contributed by atoms with Crippen molar-refractivity contribution in [3.05, 3.63) is 58.5 Å². The molecule has 4 rings (SSSR count). The predicted molar refractivity (Wildman–Crippen MR) is 94.8 cm³/mol. The maximum Gasteiger partial charge on any atom is 0.416 e. The van der Waals surface area contributed by atoms with Gasteiger partial charge in [-0.3, -0.25) is 4.79 Å². The molecule has 2 aromatic rings. The molecule has 0 spiro atoms. The van der Waals surface area contributed by atoms with Crippen molar-refractivity contribution >= 4 is 34.6 Å². The quantitative estimate of drug-likeness (QED) is 0.773. The minimum absolute atomic E-state index is 0.108. The minimum atomic E-state index is -4.45. The van der Waals surface area contributed by atoms with E-state index in [9.17, 15) is 18.0 Å². The SMILES string of the molecule is O=C1NC(=Nc2cccc(C(F)(F)F)c2)S/C1=C\c1ccc2c(c1)OCO2. The Morgan fingerprint density at radius 3 is 2.74 bits per heavy atom. The molecule has 0 bridgehead atoms. The van der Waals surface area contributed by atoms with Crippen molar-refractivity contribution in [1.82, 2.24) is 5.32 Å². The molecule has 27 heavy (non-hydrogen) atoms. The standard InChI is InChI=1S/C18H11F3N2O3S/c19-18(20,21)11-2-1-3-12(8-11)22-17-23-16(24)15(27-17)7-10-4-5-13-14(6-10)26-9-25-13/h1-8H,9H2,(H,22,23,24)/b15-7-. The lowest BCUT2D eigenvalue weighted by Gasteiger charge is -2.06. The number of fused-ring (bicyclic) bond motifs is 1. The fourth-order valence-electron chi connectivity index (χ4n) is 2.50. The number of amides is 1. The van der Waals surface area contributed by atoms with Crippen LogP contribution in [0.2, 0.25) is 0 Å². The molecule has 2 aliphatic heterocycles. The number of ether oxygens (including phenoxy) is 2. The summed E-state index contributed by atoms with van der Waals surface area (Å²) >= 11 is 1.05. The maximum absolute atomic E-state index is 12.8. The molecule has 1 N–H and O–H groups in total. The zero-order valence-electron chi connectivity index (χ0n) is 13.5. The van der Waals surface area contributed by atoms with Gasteiger partial charge in [0, 0.05) is 0 Å². The molecule has 2 heterocycles. The number of nitrogens with one attached hydrogen (secondary N) is 1. The van der Waals surface area contributed by atoms with E-state index >= 15 is 0 Å². The number of alkyl halides is 3. The fraction of sp³-hybridized carbons (Fsp3) is 0.111. The van der Waals surface area contributed by atoms with Gasteiger partial charge in [0.15, 0.2) is 16.7 Å². The Bertz CT molecular complexity index is 986. The Morgan fingerprint density at radius 1 is 1.11 bits per heavy atom. The Kier molecular flexibility index (Phi) is 4.31. The summed E-state index contributed by atoms with van der Waals surface area (Å²) in [6.07, 6.45) is -2.80. The maximum atomic E-state index is 12.8. The van der Waals surface area contributed by atoms with Crippen LogP contribution >= 0.6 is 11.8 Å². The van der Waals surface area contributed by atoms with Gasteiger partial charge >= 0.3 is 6.18 Å². The molecule has 138 valence electrons. The molecule has 5 nitrogen and oxygen atoms in total. The van der Waals surface area contributed by atoms with E-state index in [1.165, 1.54) is 12.1 Å². The molecular weight excluding hydrogens is 381 g/mol. The van der Waals surface area contributed by atoms with Gasteiger partial charge in [0.05, 0.1) is 16.2 Å². The van der Waals surface area contributed by atoms with E-state index < -0.39 is 11.7 Å². The van der Waals surface area contributed by atoms with Gasteiger partial charge in [0.1, 0.15) is 0 Å². The van der Waals surface area contributed by atoms with E-state index in [-0.39, 0.29) is 23.6 Å². The third-order valence-corrected chi connectivity index (χ3v) is 4.66. The molecule has 9 heteroatoms. The zero-order chi connectivity index (χ0) is 19.0. The first-order chi connectivity index (χ1) is 12.9. The molecule has 1 saturated heterocycles. The Labute approximate surface area is 155 Å². The highest BCUT2D eigenvalue weighted by Crippen LogP contribution is 2.35. The summed E-state index contributed by atoms with van der Waals surface area (Å²) in [6, 6.07) is 9.86. The van der Waals surface area contributed by atoms with E-state index in [4.69, 9.17) is 9.47 Å². The number of aliphatic imine (C=N–C) groups is 1. The number of carbonyl (C=O) groups is 1. The largest absolute Gasteiger partial charge is 0.454 e. The molecule has 0 atom stereocenters. The van der Waals surface area contributed by atoms with Gasteiger partial charge in [-0.15, -0.1) is 0 Å². The number of rotatable bonds is 2. The normalized spacial score (nSPS) is 19.0. The summed E-state index contributed by atoms with van der Waals surface area (Å²) in [7, 11) is 0. The summed E-state index contributed by atoms with van der Waals surface area (Å²) < 4.78 is 48.9. The second-order valence-electron chi connectivity index (χ2n) is 5.64. The average Bonchev–Trinajstić information content (AvgIpc) is 3.21. The predicted octanol–water partition coefficient (Wildman–Crippen LogP) is 4.33. The number of nitrogens with zero attached hydrogens (tertiary/aromatic N) is 1. The topological polar surface area (TPSA) is 59.9 Å². The third-order valence-electron chi connectivity index (χ3n) is 3.75. The second kappa shape index (κ2) is 6.66. The van der Waals surface area contributed by atoms with Crippen LogP contribution in [0.15, 0.2) is 52.4 Å². The summed E-state index contributed by atoms with van der Waals surface area (Å²) in [5.74, 6) is 0.849. The Balaban J connectivity index is 1.56. The molecule has 0 aromatic heterocycles. The van der Waals surface area contributed by atoms with Crippen molar-refractivity contribution in [3.8, 4) is 11.5 Å². The van der Waals surface area contributed by atoms with Crippen LogP contribution in [0, 0.1) is 0 Å². The summed E-state index contributed by atoms with van der Waals surface area (Å²) in [4.78, 5) is 16.6. The van der Waals surface area contributed by atoms with E-state index in [1.807, 2.05) is 0 Å². The highest BCUT2D eigenvalue weighted by molar-refractivity contribution is 8.18. The molecule has 2 aliphatic rings. The molecule has 0 aliphatic carbocycles. The molecule has 0 radical (unpaired) electrons. The first-order valence-electron chi connectivity index (χ1n) is 7.75. The number of amidine groups is 1. The highest BCUT2D eigenvalue weighted by Gasteiger charge is 2.30. The van der Waals surface area contributed by atoms with Crippen LogP contribution in [0.5, 0.6) is 11.5 Å². The van der Waals surface area contributed by atoms with Crippen molar-refractivity contribution in [3.63, 3.8) is 0 Å². The van der Waals surface area contributed by atoms with Gasteiger partial charge in [0.25, 0.3) is 5.91 Å². The summed E-state index contributed by atoms with van der Waals surface area (Å²) in [6.45, 7) is 0.151. The first kappa shape index (κ1) is 17.5. The van der Waals surface area contributed by atoms with Crippen LogP contribution < -0.4 is 14.8 Å². The van der Waals surface area contributed by atoms with Crippen molar-refractivity contribution in [2.45, 2.75) is 6.18 Å².